The molecule has 0 aromatic heterocycles. The Morgan fingerprint density at radius 2 is 2.17 bits per heavy atom. The molecular formula is C9H10BrNO. The second-order valence-electron chi connectivity index (χ2n) is 2.78. The largest absolute Gasteiger partial charge is 0.150 e. The van der Waals surface area contributed by atoms with Crippen molar-refractivity contribution >= 4 is 15.9 Å². The van der Waals surface area contributed by atoms with Crippen molar-refractivity contribution in [2.45, 2.75) is 19.9 Å². The number of halogens is 1. The molecule has 0 bridgehead atoms. The molecule has 0 heterocycles. The maximum Gasteiger partial charge on any atom is 0.114 e. The molecule has 0 saturated heterocycles. The number of benzene rings is 1. The van der Waals surface area contributed by atoms with Crippen molar-refractivity contribution in [3.63, 3.8) is 0 Å². The molecule has 0 aliphatic carbocycles. The van der Waals surface area contributed by atoms with Gasteiger partial charge in [-0.3, -0.25) is 0 Å². The van der Waals surface area contributed by atoms with E-state index in [9.17, 15) is 4.91 Å². The summed E-state index contributed by atoms with van der Waals surface area (Å²) < 4.78 is 1.03. The van der Waals surface area contributed by atoms with Gasteiger partial charge in [0, 0.05) is 4.47 Å². The van der Waals surface area contributed by atoms with Crippen LogP contribution in [0.1, 0.15) is 24.1 Å². The standard InChI is InChI=1S/C9H10BrNO/c1-6-5-8(10)3-4-9(6)7(2)11-12/h3-5,7H,1-2H3/t7-/m0/s1. The van der Waals surface area contributed by atoms with E-state index < -0.39 is 0 Å². The van der Waals surface area contributed by atoms with Crippen molar-refractivity contribution in [1.29, 1.82) is 0 Å². The summed E-state index contributed by atoms with van der Waals surface area (Å²) in [6.45, 7) is 3.77. The molecule has 1 rings (SSSR count). The Morgan fingerprint density at radius 3 is 2.67 bits per heavy atom. The minimum Gasteiger partial charge on any atom is -0.150 e. The summed E-state index contributed by atoms with van der Waals surface area (Å²) in [5, 5.41) is 2.98. The predicted octanol–water partition coefficient (Wildman–Crippen LogP) is 3.58. The van der Waals surface area contributed by atoms with Gasteiger partial charge in [-0.25, -0.2) is 0 Å². The lowest BCUT2D eigenvalue weighted by atomic mass is 10.0. The van der Waals surface area contributed by atoms with E-state index in [1.54, 1.807) is 6.92 Å². The molecule has 0 fully saturated rings. The van der Waals surface area contributed by atoms with Crippen LogP contribution in [-0.2, 0) is 0 Å². The Labute approximate surface area is 80.1 Å². The van der Waals surface area contributed by atoms with Crippen molar-refractivity contribution in [2.75, 3.05) is 0 Å². The molecule has 0 radical (unpaired) electrons. The van der Waals surface area contributed by atoms with Crippen LogP contribution in [0.5, 0.6) is 0 Å². The molecule has 1 atom stereocenters. The van der Waals surface area contributed by atoms with E-state index in [0.29, 0.717) is 0 Å². The lowest BCUT2D eigenvalue weighted by Gasteiger charge is -2.06. The van der Waals surface area contributed by atoms with Crippen LogP contribution in [-0.4, -0.2) is 0 Å². The first-order valence-corrected chi connectivity index (χ1v) is 4.53. The van der Waals surface area contributed by atoms with E-state index in [1.165, 1.54) is 0 Å². The molecule has 2 nitrogen and oxygen atoms in total. The minimum absolute atomic E-state index is 0.252. The highest BCUT2D eigenvalue weighted by atomic mass is 79.9. The van der Waals surface area contributed by atoms with Crippen LogP contribution in [0.25, 0.3) is 0 Å². The molecule has 0 saturated carbocycles. The Kier molecular flexibility index (Phi) is 2.98. The van der Waals surface area contributed by atoms with Gasteiger partial charge in [-0.05, 0) is 37.1 Å². The molecular weight excluding hydrogens is 218 g/mol. The molecule has 0 amide bonds. The van der Waals surface area contributed by atoms with Crippen molar-refractivity contribution < 1.29 is 0 Å². The van der Waals surface area contributed by atoms with Gasteiger partial charge in [0.15, 0.2) is 0 Å². The van der Waals surface area contributed by atoms with Crippen LogP contribution in [0, 0.1) is 11.8 Å². The zero-order valence-corrected chi connectivity index (χ0v) is 8.63. The smallest absolute Gasteiger partial charge is 0.114 e. The van der Waals surface area contributed by atoms with Gasteiger partial charge >= 0.3 is 0 Å². The van der Waals surface area contributed by atoms with Gasteiger partial charge in [0.25, 0.3) is 0 Å². The van der Waals surface area contributed by atoms with Gasteiger partial charge in [-0.2, -0.15) is 4.91 Å². The Balaban J connectivity index is 3.09. The monoisotopic (exact) mass is 227 g/mol. The van der Waals surface area contributed by atoms with E-state index in [2.05, 4.69) is 21.1 Å². The van der Waals surface area contributed by atoms with Crippen LogP contribution < -0.4 is 0 Å². The highest BCUT2D eigenvalue weighted by molar-refractivity contribution is 9.10. The summed E-state index contributed by atoms with van der Waals surface area (Å²) in [5.74, 6) is 0. The molecule has 3 heteroatoms. The SMILES string of the molecule is Cc1cc(Br)ccc1[C@H](C)N=O. The molecule has 1 aromatic carbocycles. The number of hydrogen-bond donors (Lipinski definition) is 0. The number of aryl methyl sites for hydroxylation is 1. The van der Waals surface area contributed by atoms with Gasteiger partial charge in [-0.15, -0.1) is 0 Å². The van der Waals surface area contributed by atoms with E-state index >= 15 is 0 Å². The van der Waals surface area contributed by atoms with Crippen molar-refractivity contribution in [3.8, 4) is 0 Å². The molecule has 12 heavy (non-hydrogen) atoms. The van der Waals surface area contributed by atoms with Crippen LogP contribution >= 0.6 is 15.9 Å². The zero-order valence-electron chi connectivity index (χ0n) is 7.04. The first-order valence-electron chi connectivity index (χ1n) is 3.73. The van der Waals surface area contributed by atoms with Gasteiger partial charge in [0.1, 0.15) is 6.04 Å². The molecule has 0 spiro atoms. The fraction of sp³-hybridized carbons (Fsp3) is 0.333. The third-order valence-corrected chi connectivity index (χ3v) is 2.33. The second-order valence-corrected chi connectivity index (χ2v) is 3.70. The number of hydrogen-bond acceptors (Lipinski definition) is 2. The van der Waals surface area contributed by atoms with E-state index in [1.807, 2.05) is 25.1 Å². The molecule has 64 valence electrons. The second kappa shape index (κ2) is 3.81. The first-order chi connectivity index (χ1) is 5.65. The Hall–Kier alpha value is -0.700. The highest BCUT2D eigenvalue weighted by Gasteiger charge is 2.07. The maximum atomic E-state index is 10.3. The zero-order chi connectivity index (χ0) is 9.14. The predicted molar refractivity (Wildman–Crippen MR) is 53.1 cm³/mol. The van der Waals surface area contributed by atoms with Crippen LogP contribution in [0.2, 0.25) is 0 Å². The lowest BCUT2D eigenvalue weighted by molar-refractivity contribution is 0.803. The van der Waals surface area contributed by atoms with Gasteiger partial charge < -0.3 is 0 Å². The van der Waals surface area contributed by atoms with Crippen LogP contribution in [0.3, 0.4) is 0 Å². The van der Waals surface area contributed by atoms with Crippen molar-refractivity contribution in [3.05, 3.63) is 38.7 Å². The molecule has 0 aliphatic heterocycles. The molecule has 0 aliphatic rings. The Morgan fingerprint density at radius 1 is 1.50 bits per heavy atom. The lowest BCUT2D eigenvalue weighted by Crippen LogP contribution is -1.91. The van der Waals surface area contributed by atoms with Gasteiger partial charge in [0.05, 0.1) is 0 Å². The van der Waals surface area contributed by atoms with E-state index in [-0.39, 0.29) is 6.04 Å². The normalized spacial score (nSPS) is 12.6. The van der Waals surface area contributed by atoms with E-state index in [4.69, 9.17) is 0 Å². The maximum absolute atomic E-state index is 10.3. The third-order valence-electron chi connectivity index (χ3n) is 1.84. The van der Waals surface area contributed by atoms with Crippen molar-refractivity contribution in [1.82, 2.24) is 0 Å². The first kappa shape index (κ1) is 9.39. The summed E-state index contributed by atoms with van der Waals surface area (Å²) in [4.78, 5) is 10.3. The van der Waals surface area contributed by atoms with Crippen molar-refractivity contribution in [2.24, 2.45) is 5.18 Å². The fourth-order valence-electron chi connectivity index (χ4n) is 1.16. The Bertz CT molecular complexity index is 299. The summed E-state index contributed by atoms with van der Waals surface area (Å²) >= 11 is 3.36. The topological polar surface area (TPSA) is 29.4 Å². The van der Waals surface area contributed by atoms with Crippen LogP contribution in [0.15, 0.2) is 27.8 Å². The van der Waals surface area contributed by atoms with Gasteiger partial charge in [0.2, 0.25) is 0 Å². The van der Waals surface area contributed by atoms with Crippen LogP contribution in [0.4, 0.5) is 0 Å². The fourth-order valence-corrected chi connectivity index (χ4v) is 1.64. The van der Waals surface area contributed by atoms with Gasteiger partial charge in [-0.1, -0.05) is 27.2 Å². The molecule has 0 N–H and O–H groups in total. The minimum atomic E-state index is -0.252. The van der Waals surface area contributed by atoms with E-state index in [0.717, 1.165) is 15.6 Å². The number of nitrogens with zero attached hydrogens (tertiary/aromatic N) is 1. The molecule has 0 unspecified atom stereocenters. The highest BCUT2D eigenvalue weighted by Crippen LogP contribution is 2.23. The average molecular weight is 228 g/mol. The molecule has 1 aromatic rings. The summed E-state index contributed by atoms with van der Waals surface area (Å²) in [5.41, 5.74) is 2.09. The summed E-state index contributed by atoms with van der Waals surface area (Å²) in [7, 11) is 0. The number of nitroso groups, excluding NO2 is 1. The summed E-state index contributed by atoms with van der Waals surface area (Å²) in [6.07, 6.45) is 0. The number of rotatable bonds is 2. The quantitative estimate of drug-likeness (QED) is 0.711. The summed E-state index contributed by atoms with van der Waals surface area (Å²) in [6, 6.07) is 5.57. The average Bonchev–Trinajstić information content (AvgIpc) is 2.03. The third kappa shape index (κ3) is 1.91.